The van der Waals surface area contributed by atoms with Crippen molar-refractivity contribution >= 4 is 63.2 Å². The first-order valence-electron chi connectivity index (χ1n) is 15.0. The van der Waals surface area contributed by atoms with Crippen LogP contribution in [0.5, 0.6) is 0 Å². The van der Waals surface area contributed by atoms with Crippen molar-refractivity contribution in [1.29, 1.82) is 0 Å². The highest BCUT2D eigenvalue weighted by atomic mass is 32.1. The molecule has 1 unspecified atom stereocenters. The molecule has 1 aliphatic heterocycles. The SMILES string of the molecule is CC(C)(C)C(NC(=O)c1cc2cc(C(F)(F)P(=O)(O)O)ccc2s1)C(=O)N1Cc2ccccc2[C@H]1C(=O)Nc1ncc(-c2ccccc2)s1. The fourth-order valence-corrected chi connectivity index (χ4v) is 7.89. The molecule has 254 valence electrons. The van der Waals surface area contributed by atoms with Gasteiger partial charge in [0.15, 0.2) is 5.13 Å². The summed E-state index contributed by atoms with van der Waals surface area (Å²) in [5, 5.41) is 6.23. The number of aromatic nitrogens is 1. The van der Waals surface area contributed by atoms with Crippen molar-refractivity contribution in [3.05, 3.63) is 107 Å². The highest BCUT2D eigenvalue weighted by Gasteiger charge is 2.50. The molecule has 2 aromatic heterocycles. The summed E-state index contributed by atoms with van der Waals surface area (Å²) in [5.41, 5.74) is -3.73. The number of amides is 3. The molecule has 3 heterocycles. The number of nitrogens with zero attached hydrogens (tertiary/aromatic N) is 2. The van der Waals surface area contributed by atoms with Gasteiger partial charge in [-0.2, -0.15) is 8.78 Å². The van der Waals surface area contributed by atoms with Gasteiger partial charge in [0.25, 0.3) is 11.8 Å². The van der Waals surface area contributed by atoms with E-state index in [0.29, 0.717) is 15.4 Å². The predicted molar refractivity (Wildman–Crippen MR) is 184 cm³/mol. The zero-order valence-electron chi connectivity index (χ0n) is 26.4. The second-order valence-electron chi connectivity index (χ2n) is 12.7. The maximum absolute atomic E-state index is 14.4. The summed E-state index contributed by atoms with van der Waals surface area (Å²) in [6.07, 6.45) is 1.67. The summed E-state index contributed by atoms with van der Waals surface area (Å²) in [6, 6.07) is 19.2. The quantitative estimate of drug-likeness (QED) is 0.125. The highest BCUT2D eigenvalue weighted by Crippen LogP contribution is 2.59. The maximum Gasteiger partial charge on any atom is 0.399 e. The van der Waals surface area contributed by atoms with Crippen molar-refractivity contribution in [2.45, 2.75) is 45.1 Å². The molecule has 0 saturated carbocycles. The Bertz CT molecular complexity index is 2130. The fraction of sp³-hybridized carbons (Fsp3) is 0.235. The molecule has 0 fully saturated rings. The van der Waals surface area contributed by atoms with E-state index in [9.17, 15) is 27.7 Å². The van der Waals surface area contributed by atoms with Crippen molar-refractivity contribution < 1.29 is 37.5 Å². The van der Waals surface area contributed by atoms with E-state index in [0.717, 1.165) is 39.5 Å². The van der Waals surface area contributed by atoms with Crippen molar-refractivity contribution in [1.82, 2.24) is 15.2 Å². The zero-order valence-corrected chi connectivity index (χ0v) is 28.9. The number of benzene rings is 3. The van der Waals surface area contributed by atoms with Crippen LogP contribution in [0.4, 0.5) is 13.9 Å². The first-order valence-corrected chi connectivity index (χ1v) is 18.3. The number of carbonyl (C=O) groups is 3. The Morgan fingerprint density at radius 3 is 2.37 bits per heavy atom. The molecule has 15 heteroatoms. The predicted octanol–water partition coefficient (Wildman–Crippen LogP) is 7.12. The second-order valence-corrected chi connectivity index (χ2v) is 16.4. The minimum absolute atomic E-state index is 0.102. The number of thiazole rings is 1. The largest absolute Gasteiger partial charge is 0.399 e. The van der Waals surface area contributed by atoms with Crippen LogP contribution in [-0.2, 0) is 26.4 Å². The average molecular weight is 725 g/mol. The standard InChI is InChI=1S/C34H31F2N4O6PS2/c1-33(2,3)28(38-29(41)25-16-21-15-22(13-14-24(21)48-25)34(35,36)47(44,45)46)31(43)40-18-20-11-7-8-12-23(20)27(40)30(42)39-32-37-17-26(49-32)19-9-5-4-6-10-19/h4-17,27-28H,18H2,1-3H3,(H,38,41)(H,37,39,42)(H2,44,45,46)/t27-,28?/m0/s1. The second kappa shape index (κ2) is 12.8. The first-order chi connectivity index (χ1) is 23.0. The molecule has 0 aliphatic carbocycles. The van der Waals surface area contributed by atoms with Crippen LogP contribution in [0.15, 0.2) is 85.1 Å². The van der Waals surface area contributed by atoms with Crippen molar-refractivity contribution in [3.63, 3.8) is 0 Å². The molecule has 6 rings (SSSR count). The number of nitrogens with one attached hydrogen (secondary N) is 2. The maximum atomic E-state index is 14.4. The molecule has 1 aliphatic rings. The van der Waals surface area contributed by atoms with Gasteiger partial charge in [-0.1, -0.05) is 92.8 Å². The zero-order chi connectivity index (χ0) is 35.3. The summed E-state index contributed by atoms with van der Waals surface area (Å²) >= 11 is 2.28. The summed E-state index contributed by atoms with van der Waals surface area (Å²) in [6.45, 7) is 5.45. The molecule has 3 amide bonds. The monoisotopic (exact) mass is 724 g/mol. The smallest absolute Gasteiger partial charge is 0.339 e. The van der Waals surface area contributed by atoms with Gasteiger partial charge in [-0.25, -0.2) is 4.98 Å². The molecular formula is C34H31F2N4O6PS2. The Morgan fingerprint density at radius 1 is 0.980 bits per heavy atom. The van der Waals surface area contributed by atoms with E-state index in [1.165, 1.54) is 28.4 Å². The van der Waals surface area contributed by atoms with Crippen LogP contribution < -0.4 is 10.6 Å². The molecule has 5 aromatic rings. The lowest BCUT2D eigenvalue weighted by Gasteiger charge is -2.35. The Kier molecular flexibility index (Phi) is 9.05. The molecule has 2 atom stereocenters. The number of hydrogen-bond donors (Lipinski definition) is 4. The third kappa shape index (κ3) is 6.79. The Balaban J connectivity index is 1.26. The molecule has 0 bridgehead atoms. The summed E-state index contributed by atoms with van der Waals surface area (Å²) < 4.78 is 40.6. The minimum atomic E-state index is -5.79. The lowest BCUT2D eigenvalue weighted by atomic mass is 9.85. The summed E-state index contributed by atoms with van der Waals surface area (Å²) in [4.78, 5) is 66.9. The molecule has 3 aromatic carbocycles. The van der Waals surface area contributed by atoms with E-state index in [-0.39, 0.29) is 16.8 Å². The fourth-order valence-electron chi connectivity index (χ4n) is 5.64. The van der Waals surface area contributed by atoms with Crippen LogP contribution in [0, 0.1) is 5.41 Å². The van der Waals surface area contributed by atoms with Crippen LogP contribution in [0.3, 0.4) is 0 Å². The Morgan fingerprint density at radius 2 is 1.67 bits per heavy atom. The van der Waals surface area contributed by atoms with E-state index in [1.54, 1.807) is 39.1 Å². The average Bonchev–Trinajstić information content (AvgIpc) is 3.79. The van der Waals surface area contributed by atoms with Gasteiger partial charge in [-0.3, -0.25) is 24.3 Å². The van der Waals surface area contributed by atoms with Gasteiger partial charge in [0.1, 0.15) is 12.1 Å². The lowest BCUT2D eigenvalue weighted by molar-refractivity contribution is -0.142. The van der Waals surface area contributed by atoms with Gasteiger partial charge < -0.3 is 20.0 Å². The van der Waals surface area contributed by atoms with E-state index in [4.69, 9.17) is 9.79 Å². The number of hydrogen-bond acceptors (Lipinski definition) is 7. The van der Waals surface area contributed by atoms with Gasteiger partial charge in [0.05, 0.1) is 9.75 Å². The van der Waals surface area contributed by atoms with E-state index < -0.39 is 54.0 Å². The van der Waals surface area contributed by atoms with E-state index in [2.05, 4.69) is 15.6 Å². The Labute approximate surface area is 288 Å². The van der Waals surface area contributed by atoms with Crippen molar-refractivity contribution in [3.8, 4) is 10.4 Å². The number of halogens is 2. The molecule has 0 radical (unpaired) electrons. The molecule has 0 saturated heterocycles. The number of carbonyl (C=O) groups excluding carboxylic acids is 3. The molecule has 10 nitrogen and oxygen atoms in total. The van der Waals surface area contributed by atoms with Crippen LogP contribution in [0.2, 0.25) is 0 Å². The van der Waals surface area contributed by atoms with Gasteiger partial charge >= 0.3 is 13.3 Å². The van der Waals surface area contributed by atoms with Gasteiger partial charge in [0, 0.05) is 23.0 Å². The normalized spacial score (nSPS) is 15.6. The third-order valence-corrected chi connectivity index (χ3v) is 11.2. The number of fused-ring (bicyclic) bond motifs is 2. The highest BCUT2D eigenvalue weighted by molar-refractivity contribution is 7.52. The van der Waals surface area contributed by atoms with Crippen molar-refractivity contribution in [2.24, 2.45) is 5.41 Å². The van der Waals surface area contributed by atoms with Gasteiger partial charge in [-0.05, 0) is 45.7 Å². The third-order valence-electron chi connectivity index (χ3n) is 8.17. The van der Waals surface area contributed by atoms with E-state index in [1.807, 2.05) is 42.5 Å². The topological polar surface area (TPSA) is 149 Å². The number of thiophene rings is 1. The van der Waals surface area contributed by atoms with Gasteiger partial charge in [-0.15, -0.1) is 11.3 Å². The van der Waals surface area contributed by atoms with Crippen LogP contribution in [0.1, 0.15) is 53.2 Å². The van der Waals surface area contributed by atoms with Crippen LogP contribution in [-0.4, -0.2) is 43.4 Å². The van der Waals surface area contributed by atoms with Gasteiger partial charge in [0.2, 0.25) is 5.91 Å². The van der Waals surface area contributed by atoms with Crippen molar-refractivity contribution in [2.75, 3.05) is 5.32 Å². The van der Waals surface area contributed by atoms with Crippen LogP contribution >= 0.6 is 30.3 Å². The van der Waals surface area contributed by atoms with E-state index >= 15 is 0 Å². The number of alkyl halides is 2. The summed E-state index contributed by atoms with van der Waals surface area (Å²) in [5.74, 6) is -1.60. The minimum Gasteiger partial charge on any atom is -0.339 e. The molecular weight excluding hydrogens is 694 g/mol. The first kappa shape index (κ1) is 34.5. The summed E-state index contributed by atoms with van der Waals surface area (Å²) in [7, 11) is -5.79. The molecule has 0 spiro atoms. The van der Waals surface area contributed by atoms with Crippen LogP contribution in [0.25, 0.3) is 20.5 Å². The number of anilines is 1. The molecule has 49 heavy (non-hydrogen) atoms. The number of rotatable bonds is 8. The Hall–Kier alpha value is -4.33. The molecule has 4 N–H and O–H groups in total. The lowest BCUT2D eigenvalue weighted by Crippen LogP contribution is -2.55.